The van der Waals surface area contributed by atoms with Gasteiger partial charge >= 0.3 is 0 Å². The van der Waals surface area contributed by atoms with Crippen LogP contribution in [0.2, 0.25) is 0 Å². The summed E-state index contributed by atoms with van der Waals surface area (Å²) >= 11 is 0. The lowest BCUT2D eigenvalue weighted by Crippen LogP contribution is -2.67. The van der Waals surface area contributed by atoms with Gasteiger partial charge in [-0.05, 0) is 62.7 Å². The Morgan fingerprint density at radius 3 is 2.52 bits per heavy atom. The summed E-state index contributed by atoms with van der Waals surface area (Å²) in [5.41, 5.74) is -2.54. The lowest BCUT2D eigenvalue weighted by atomic mass is 9.44. The number of carbonyl (C=O) groups excluding carboxylic acids is 2. The Hall–Kier alpha value is -1.95. The van der Waals surface area contributed by atoms with Crippen LogP contribution >= 0.6 is 0 Å². The average Bonchev–Trinajstić information content (AvgIpc) is 2.99. The number of alkyl halides is 1. The molecule has 2 saturated carbocycles. The number of carbonyl (C=O) groups is 2. The summed E-state index contributed by atoms with van der Waals surface area (Å²) in [4.78, 5) is 24.7. The van der Waals surface area contributed by atoms with E-state index in [1.165, 1.54) is 27.2 Å². The van der Waals surface area contributed by atoms with Gasteiger partial charge in [0, 0.05) is 11.3 Å². The third kappa shape index (κ3) is 2.24. The number of fused-ring (bicyclic) bond motifs is 5. The lowest BCUT2D eigenvalue weighted by Gasteiger charge is -2.62. The number of methoxy groups -OCH3 is 2. The molecule has 158 valence electrons. The number of aliphatic hydroxyl groups excluding tert-OH is 1. The van der Waals surface area contributed by atoms with Gasteiger partial charge in [0.1, 0.15) is 0 Å². The molecule has 5 nitrogen and oxygen atoms in total. The van der Waals surface area contributed by atoms with Crippen molar-refractivity contribution in [3.05, 3.63) is 34.8 Å². The molecule has 0 aromatic rings. The summed E-state index contributed by atoms with van der Waals surface area (Å²) in [6.45, 7) is 5.23. The van der Waals surface area contributed by atoms with Crippen LogP contribution in [0.1, 0.15) is 46.5 Å². The highest BCUT2D eigenvalue weighted by molar-refractivity contribution is 6.05. The number of allylic oxidation sites excluding steroid dienone is 4. The molecule has 29 heavy (non-hydrogen) atoms. The molecule has 1 unspecified atom stereocenters. The Labute approximate surface area is 170 Å². The second-order valence-corrected chi connectivity index (χ2v) is 9.29. The Bertz CT molecular complexity index is 886. The molecule has 6 atom stereocenters. The minimum atomic E-state index is -2.03. The van der Waals surface area contributed by atoms with Crippen LogP contribution in [0, 0.1) is 22.7 Å². The van der Waals surface area contributed by atoms with Crippen molar-refractivity contribution in [3.8, 4) is 0 Å². The minimum absolute atomic E-state index is 0.00840. The zero-order chi connectivity index (χ0) is 21.4. The Kier molecular flexibility index (Phi) is 4.40. The van der Waals surface area contributed by atoms with E-state index in [1.807, 2.05) is 13.0 Å². The summed E-state index contributed by atoms with van der Waals surface area (Å²) < 4.78 is 28.1. The van der Waals surface area contributed by atoms with Crippen LogP contribution in [-0.4, -0.2) is 42.7 Å². The van der Waals surface area contributed by atoms with Crippen molar-refractivity contribution < 1.29 is 28.6 Å². The van der Waals surface area contributed by atoms with Gasteiger partial charge in [-0.3, -0.25) is 9.59 Å². The van der Waals surface area contributed by atoms with Crippen molar-refractivity contribution in [1.82, 2.24) is 0 Å². The van der Waals surface area contributed by atoms with Gasteiger partial charge in [-0.15, -0.1) is 0 Å². The second-order valence-electron chi connectivity index (χ2n) is 9.29. The van der Waals surface area contributed by atoms with Gasteiger partial charge in [0.25, 0.3) is 0 Å². The number of halogens is 1. The number of ketones is 2. The summed E-state index contributed by atoms with van der Waals surface area (Å²) in [6, 6.07) is 0. The van der Waals surface area contributed by atoms with Crippen molar-refractivity contribution in [2.75, 3.05) is 14.2 Å². The summed E-state index contributed by atoms with van der Waals surface area (Å²) in [5, 5.41) is 11.3. The average molecular weight is 404 g/mol. The van der Waals surface area contributed by atoms with Gasteiger partial charge in [0.05, 0.1) is 25.7 Å². The van der Waals surface area contributed by atoms with E-state index >= 15 is 4.39 Å². The second kappa shape index (κ2) is 6.27. The molecular formula is C23H29FO5. The summed E-state index contributed by atoms with van der Waals surface area (Å²) in [6.07, 6.45) is 3.90. The molecule has 1 N–H and O–H groups in total. The maximum Gasteiger partial charge on any atom is 0.223 e. The highest BCUT2D eigenvalue weighted by atomic mass is 19.1. The van der Waals surface area contributed by atoms with Crippen LogP contribution < -0.4 is 0 Å². The molecule has 0 aliphatic heterocycles. The van der Waals surface area contributed by atoms with Crippen molar-refractivity contribution in [1.29, 1.82) is 0 Å². The molecule has 4 rings (SSSR count). The summed E-state index contributed by atoms with van der Waals surface area (Å²) in [5.74, 6) is -0.770. The van der Waals surface area contributed by atoms with E-state index in [9.17, 15) is 14.7 Å². The largest absolute Gasteiger partial charge is 0.496 e. The van der Waals surface area contributed by atoms with Crippen LogP contribution in [0.15, 0.2) is 34.8 Å². The smallest absolute Gasteiger partial charge is 0.223 e. The molecule has 0 heterocycles. The molecule has 4 aliphatic rings. The maximum atomic E-state index is 17.3. The summed E-state index contributed by atoms with van der Waals surface area (Å²) in [7, 11) is 2.78. The first kappa shape index (κ1) is 20.3. The number of hydrogen-bond donors (Lipinski definition) is 1. The van der Waals surface area contributed by atoms with E-state index in [-0.39, 0.29) is 35.4 Å². The normalized spacial score (nSPS) is 43.7. The molecule has 0 aromatic carbocycles. The molecular weight excluding hydrogens is 375 g/mol. The molecule has 4 aliphatic carbocycles. The van der Waals surface area contributed by atoms with Crippen LogP contribution in [0.25, 0.3) is 0 Å². The van der Waals surface area contributed by atoms with E-state index < -0.39 is 28.5 Å². The monoisotopic (exact) mass is 404 g/mol. The molecule has 0 amide bonds. The van der Waals surface area contributed by atoms with Gasteiger partial charge in [-0.25, -0.2) is 4.39 Å². The van der Waals surface area contributed by atoms with Crippen LogP contribution in [0.5, 0.6) is 0 Å². The third-order valence-electron chi connectivity index (χ3n) is 8.25. The van der Waals surface area contributed by atoms with Gasteiger partial charge in [-0.1, -0.05) is 13.0 Å². The zero-order valence-electron chi connectivity index (χ0n) is 17.7. The number of hydrogen-bond acceptors (Lipinski definition) is 5. The van der Waals surface area contributed by atoms with Gasteiger partial charge < -0.3 is 14.6 Å². The van der Waals surface area contributed by atoms with Crippen LogP contribution in [-0.2, 0) is 19.1 Å². The molecule has 0 saturated heterocycles. The van der Waals surface area contributed by atoms with E-state index in [2.05, 4.69) is 0 Å². The van der Waals surface area contributed by atoms with Crippen LogP contribution in [0.4, 0.5) is 4.39 Å². The van der Waals surface area contributed by atoms with E-state index in [4.69, 9.17) is 9.47 Å². The predicted octanol–water partition coefficient (Wildman–Crippen LogP) is 3.43. The first-order valence-corrected chi connectivity index (χ1v) is 10.2. The maximum absolute atomic E-state index is 17.3. The Balaban J connectivity index is 1.89. The number of aliphatic hydroxyl groups is 1. The van der Waals surface area contributed by atoms with Crippen molar-refractivity contribution in [2.45, 2.75) is 58.2 Å². The van der Waals surface area contributed by atoms with Crippen molar-refractivity contribution in [3.63, 3.8) is 0 Å². The standard InChI is InChI=1S/C23H29FO5/c1-12(25)14-8-9-15-16-7-6-13-10-17(26)19(28-4)20(29-5)22(13,3)23(16,24)18(27)11-21(14,15)2/h8,10,15-16,18,27H,6-7,9,11H2,1-5H3/t15-,16-,18-,21+,22+,23?/m0/s1. The quantitative estimate of drug-likeness (QED) is 0.780. The highest BCUT2D eigenvalue weighted by Crippen LogP contribution is 2.69. The van der Waals surface area contributed by atoms with Crippen LogP contribution in [0.3, 0.4) is 0 Å². The molecule has 0 aromatic heterocycles. The van der Waals surface area contributed by atoms with E-state index in [0.717, 1.165) is 0 Å². The number of ether oxygens (including phenoxy) is 2. The molecule has 0 spiro atoms. The minimum Gasteiger partial charge on any atom is -0.496 e. The Morgan fingerprint density at radius 2 is 1.93 bits per heavy atom. The fourth-order valence-corrected chi connectivity index (χ4v) is 6.95. The third-order valence-corrected chi connectivity index (χ3v) is 8.25. The van der Waals surface area contributed by atoms with Crippen molar-refractivity contribution >= 4 is 11.6 Å². The fourth-order valence-electron chi connectivity index (χ4n) is 6.95. The predicted molar refractivity (Wildman–Crippen MR) is 104 cm³/mol. The molecule has 2 fully saturated rings. The first-order chi connectivity index (χ1) is 13.6. The fraction of sp³-hybridized carbons (Fsp3) is 0.652. The zero-order valence-corrected chi connectivity index (χ0v) is 17.7. The van der Waals surface area contributed by atoms with E-state index in [0.29, 0.717) is 30.4 Å². The molecule has 0 radical (unpaired) electrons. The highest BCUT2D eigenvalue weighted by Gasteiger charge is 2.72. The topological polar surface area (TPSA) is 72.8 Å². The van der Waals surface area contributed by atoms with E-state index in [1.54, 1.807) is 6.92 Å². The van der Waals surface area contributed by atoms with Gasteiger partial charge in [0.2, 0.25) is 11.5 Å². The lowest BCUT2D eigenvalue weighted by molar-refractivity contribution is -0.197. The molecule has 6 heteroatoms. The van der Waals surface area contributed by atoms with Crippen molar-refractivity contribution in [2.24, 2.45) is 22.7 Å². The first-order valence-electron chi connectivity index (χ1n) is 10.2. The number of Topliss-reactive ketones (excluding diaryl/α,β-unsaturated/α-hetero) is 1. The SMILES string of the molecule is COC1=C(OC)[C@@]2(C)C(=CC1=O)CC[C@H]1[C@@H]3CC=C(C(C)=O)[C@@]3(C)C[C@H](O)C12F. The molecule has 0 bridgehead atoms. The number of rotatable bonds is 3. The van der Waals surface area contributed by atoms with Gasteiger partial charge in [0.15, 0.2) is 17.2 Å². The Morgan fingerprint density at radius 1 is 1.24 bits per heavy atom. The van der Waals surface area contributed by atoms with Gasteiger partial charge in [-0.2, -0.15) is 0 Å².